The Morgan fingerprint density at radius 3 is 2.44 bits per heavy atom. The summed E-state index contributed by atoms with van der Waals surface area (Å²) in [5.41, 5.74) is 8.50. The summed E-state index contributed by atoms with van der Waals surface area (Å²) in [7, 11) is 0. The van der Waals surface area contributed by atoms with Crippen LogP contribution in [0.1, 0.15) is 68.6 Å². The van der Waals surface area contributed by atoms with Crippen LogP contribution in [0.3, 0.4) is 0 Å². The van der Waals surface area contributed by atoms with Crippen LogP contribution >= 0.6 is 0 Å². The minimum atomic E-state index is -0.985. The van der Waals surface area contributed by atoms with Crippen LogP contribution < -0.4 is 0 Å². The van der Waals surface area contributed by atoms with Gasteiger partial charge in [0.05, 0.1) is 12.2 Å². The standard InChI is InChI=1S/C33H32F3NO2/c1-20-15-26(35)9-12-27(20)30-6-3-5-23-17-25(33(38)39)8-11-29(23)31(30)28-10-7-24(32(36)21(28)2)16-22-18-37(19-22)14-4-13-34/h7-12,15-17H,3-6,13-14,18-19H2,1-2H3,(H,38,39). The molecular formula is C33H32F3NO2. The molecule has 39 heavy (non-hydrogen) atoms. The van der Waals surface area contributed by atoms with Gasteiger partial charge in [0.2, 0.25) is 0 Å². The van der Waals surface area contributed by atoms with E-state index in [1.54, 1.807) is 31.2 Å². The predicted octanol–water partition coefficient (Wildman–Crippen LogP) is 7.63. The van der Waals surface area contributed by atoms with Crippen molar-refractivity contribution in [3.05, 3.63) is 110 Å². The van der Waals surface area contributed by atoms with E-state index in [0.717, 1.165) is 64.0 Å². The Hall–Kier alpha value is -3.64. The highest BCUT2D eigenvalue weighted by Gasteiger charge is 2.25. The highest BCUT2D eigenvalue weighted by Crippen LogP contribution is 2.42. The van der Waals surface area contributed by atoms with Crippen molar-refractivity contribution >= 4 is 23.2 Å². The van der Waals surface area contributed by atoms with Crippen LogP contribution in [0.25, 0.3) is 17.2 Å². The van der Waals surface area contributed by atoms with Crippen LogP contribution in [0, 0.1) is 25.5 Å². The van der Waals surface area contributed by atoms with Crippen LogP contribution in [-0.2, 0) is 6.42 Å². The molecule has 2 aliphatic rings. The molecular weight excluding hydrogens is 499 g/mol. The van der Waals surface area contributed by atoms with Gasteiger partial charge in [-0.3, -0.25) is 9.29 Å². The van der Waals surface area contributed by atoms with E-state index in [4.69, 9.17) is 0 Å². The number of carbonyl (C=O) groups is 1. The first-order valence-corrected chi connectivity index (χ1v) is 13.4. The number of hydrogen-bond acceptors (Lipinski definition) is 2. The largest absolute Gasteiger partial charge is 0.478 e. The lowest BCUT2D eigenvalue weighted by Crippen LogP contribution is -2.40. The van der Waals surface area contributed by atoms with Gasteiger partial charge in [0, 0.05) is 25.2 Å². The van der Waals surface area contributed by atoms with Crippen molar-refractivity contribution in [2.75, 3.05) is 26.3 Å². The highest BCUT2D eigenvalue weighted by molar-refractivity contribution is 6.02. The number of hydrogen-bond donors (Lipinski definition) is 1. The molecule has 3 nitrogen and oxygen atoms in total. The zero-order chi connectivity index (χ0) is 27.7. The first-order valence-electron chi connectivity index (χ1n) is 13.4. The molecule has 1 aliphatic carbocycles. The highest BCUT2D eigenvalue weighted by atomic mass is 19.1. The molecule has 6 heteroatoms. The molecule has 0 bridgehead atoms. The fourth-order valence-electron chi connectivity index (χ4n) is 5.83. The van der Waals surface area contributed by atoms with Crippen molar-refractivity contribution in [3.63, 3.8) is 0 Å². The number of nitrogens with zero attached hydrogens (tertiary/aromatic N) is 1. The summed E-state index contributed by atoms with van der Waals surface area (Å²) >= 11 is 0. The summed E-state index contributed by atoms with van der Waals surface area (Å²) in [5.74, 6) is -1.59. The quantitative estimate of drug-likeness (QED) is 0.341. The molecule has 0 aromatic heterocycles. The van der Waals surface area contributed by atoms with Gasteiger partial charge < -0.3 is 5.11 Å². The minimum Gasteiger partial charge on any atom is -0.478 e. The van der Waals surface area contributed by atoms with E-state index in [1.165, 1.54) is 12.1 Å². The predicted molar refractivity (Wildman–Crippen MR) is 150 cm³/mol. The van der Waals surface area contributed by atoms with Gasteiger partial charge in [-0.1, -0.05) is 30.3 Å². The van der Waals surface area contributed by atoms with Crippen molar-refractivity contribution in [3.8, 4) is 0 Å². The number of alkyl halides is 1. The van der Waals surface area contributed by atoms with E-state index in [2.05, 4.69) is 4.90 Å². The molecule has 5 rings (SSSR count). The molecule has 1 fully saturated rings. The van der Waals surface area contributed by atoms with E-state index >= 15 is 4.39 Å². The van der Waals surface area contributed by atoms with E-state index < -0.39 is 5.97 Å². The molecule has 202 valence electrons. The molecule has 1 aliphatic heterocycles. The van der Waals surface area contributed by atoms with Crippen molar-refractivity contribution < 1.29 is 23.1 Å². The summed E-state index contributed by atoms with van der Waals surface area (Å²) in [5, 5.41) is 9.58. The molecule has 0 saturated carbocycles. The zero-order valence-electron chi connectivity index (χ0n) is 22.3. The third kappa shape index (κ3) is 5.44. The summed E-state index contributed by atoms with van der Waals surface area (Å²) in [4.78, 5) is 13.8. The number of aromatic carboxylic acids is 1. The molecule has 1 saturated heterocycles. The van der Waals surface area contributed by atoms with Gasteiger partial charge in [-0.15, -0.1) is 0 Å². The SMILES string of the molecule is Cc1cc(F)ccc1C1=C(c2ccc(C=C3CN(CCCF)C3)c(F)c2C)c2ccc(C(=O)O)cc2CCC1. The third-order valence-corrected chi connectivity index (χ3v) is 7.82. The number of rotatable bonds is 7. The van der Waals surface area contributed by atoms with Gasteiger partial charge in [0.15, 0.2) is 0 Å². The summed E-state index contributed by atoms with van der Waals surface area (Å²) < 4.78 is 42.4. The number of allylic oxidation sites excluding steroid dienone is 1. The van der Waals surface area contributed by atoms with Crippen molar-refractivity contribution in [2.45, 2.75) is 39.5 Å². The number of carboxylic acids is 1. The average molecular weight is 532 g/mol. The van der Waals surface area contributed by atoms with Crippen molar-refractivity contribution in [1.29, 1.82) is 0 Å². The Bertz CT molecular complexity index is 1500. The Kier molecular flexibility index (Phi) is 7.76. The van der Waals surface area contributed by atoms with E-state index in [-0.39, 0.29) is 23.9 Å². The fraction of sp³-hybridized carbons (Fsp3) is 0.303. The van der Waals surface area contributed by atoms with Crippen molar-refractivity contribution in [1.82, 2.24) is 4.90 Å². The van der Waals surface area contributed by atoms with Crippen molar-refractivity contribution in [2.24, 2.45) is 0 Å². The summed E-state index contributed by atoms with van der Waals surface area (Å²) in [6.07, 6.45) is 4.57. The van der Waals surface area contributed by atoms with Gasteiger partial charge in [0.25, 0.3) is 0 Å². The molecule has 0 radical (unpaired) electrons. The number of halogens is 3. The van der Waals surface area contributed by atoms with Gasteiger partial charge in [0.1, 0.15) is 11.6 Å². The number of carboxylic acid groups (broad SMARTS) is 1. The third-order valence-electron chi connectivity index (χ3n) is 7.82. The van der Waals surface area contributed by atoms with Gasteiger partial charge in [-0.2, -0.15) is 0 Å². The van der Waals surface area contributed by atoms with Crippen LogP contribution in [0.5, 0.6) is 0 Å². The van der Waals surface area contributed by atoms with E-state index in [9.17, 15) is 18.7 Å². The lowest BCUT2D eigenvalue weighted by molar-refractivity contribution is 0.0696. The maximum absolute atomic E-state index is 15.9. The Labute approximate surface area is 227 Å². The smallest absolute Gasteiger partial charge is 0.335 e. The number of aryl methyl sites for hydroxylation is 2. The first kappa shape index (κ1) is 26.9. The van der Waals surface area contributed by atoms with Gasteiger partial charge in [-0.25, -0.2) is 13.6 Å². The van der Waals surface area contributed by atoms with Crippen LogP contribution in [-0.4, -0.2) is 42.3 Å². The average Bonchev–Trinajstić information content (AvgIpc) is 3.07. The topological polar surface area (TPSA) is 40.5 Å². The molecule has 0 unspecified atom stereocenters. The van der Waals surface area contributed by atoms with Gasteiger partial charge in [-0.05, 0) is 114 Å². The van der Waals surface area contributed by atoms with E-state index in [1.807, 2.05) is 25.1 Å². The van der Waals surface area contributed by atoms with Crippen LogP contribution in [0.15, 0.2) is 54.1 Å². The molecule has 3 aromatic rings. The fourth-order valence-corrected chi connectivity index (χ4v) is 5.83. The second kappa shape index (κ2) is 11.2. The molecule has 0 spiro atoms. The maximum Gasteiger partial charge on any atom is 0.335 e. The number of fused-ring (bicyclic) bond motifs is 1. The van der Waals surface area contributed by atoms with E-state index in [0.29, 0.717) is 36.9 Å². The Morgan fingerprint density at radius 1 is 0.974 bits per heavy atom. The first-order chi connectivity index (χ1) is 18.8. The molecule has 1 heterocycles. The lowest BCUT2D eigenvalue weighted by Gasteiger charge is -2.34. The molecule has 0 amide bonds. The molecule has 1 N–H and O–H groups in total. The second-order valence-corrected chi connectivity index (χ2v) is 10.5. The zero-order valence-corrected chi connectivity index (χ0v) is 22.3. The lowest BCUT2D eigenvalue weighted by atomic mass is 9.84. The normalized spacial score (nSPS) is 15.6. The number of benzene rings is 3. The maximum atomic E-state index is 15.9. The summed E-state index contributed by atoms with van der Waals surface area (Å²) in [6, 6.07) is 13.6. The second-order valence-electron chi connectivity index (χ2n) is 10.5. The Balaban J connectivity index is 1.64. The van der Waals surface area contributed by atoms with Gasteiger partial charge >= 0.3 is 5.97 Å². The van der Waals surface area contributed by atoms with Crippen LogP contribution in [0.2, 0.25) is 0 Å². The minimum absolute atomic E-state index is 0.223. The monoisotopic (exact) mass is 531 g/mol. The van der Waals surface area contributed by atoms with Crippen LogP contribution in [0.4, 0.5) is 13.2 Å². The molecule has 0 atom stereocenters. The molecule has 3 aromatic carbocycles. The number of likely N-dealkylation sites (tertiary alicyclic amines) is 1. The summed E-state index contributed by atoms with van der Waals surface area (Å²) in [6.45, 7) is 5.47. The Morgan fingerprint density at radius 2 is 1.72 bits per heavy atom.